The Hall–Kier alpha value is -2.43. The van der Waals surface area contributed by atoms with Gasteiger partial charge in [0.05, 0.1) is 11.8 Å². The molecule has 1 amide bonds. The Balaban J connectivity index is 2.24. The van der Waals surface area contributed by atoms with Crippen molar-refractivity contribution in [2.75, 3.05) is 5.32 Å². The number of amides is 1. The molecule has 0 fully saturated rings. The molecule has 0 unspecified atom stereocenters. The lowest BCUT2D eigenvalue weighted by Crippen LogP contribution is -2.14. The summed E-state index contributed by atoms with van der Waals surface area (Å²) < 4.78 is 0. The van der Waals surface area contributed by atoms with E-state index in [4.69, 9.17) is 0 Å². The highest BCUT2D eigenvalue weighted by atomic mass is 16.3. The topological polar surface area (TPSA) is 75.1 Å². The van der Waals surface area contributed by atoms with Gasteiger partial charge in [0.15, 0.2) is 0 Å². The second-order valence-corrected chi connectivity index (χ2v) is 3.52. The summed E-state index contributed by atoms with van der Waals surface area (Å²) in [6.45, 7) is 1.84. The van der Waals surface area contributed by atoms with Gasteiger partial charge in [-0.1, -0.05) is 6.07 Å². The molecule has 5 nitrogen and oxygen atoms in total. The largest absolute Gasteiger partial charge is 0.505 e. The molecule has 86 valence electrons. The summed E-state index contributed by atoms with van der Waals surface area (Å²) in [6.07, 6.45) is 4.26. The summed E-state index contributed by atoms with van der Waals surface area (Å²) in [5.74, 6) is -0.0843. The van der Waals surface area contributed by atoms with Gasteiger partial charge in [0.2, 0.25) is 0 Å². The van der Waals surface area contributed by atoms with Crippen LogP contribution in [0.2, 0.25) is 0 Å². The average molecular weight is 229 g/mol. The third kappa shape index (κ3) is 2.39. The standard InChI is InChI=1S/C12H11N3O2/c1-8-3-2-5-14-11(8)15-12(17)9-4-6-13-7-10(9)16/h2-7,16H,1H3,(H,14,15,17). The molecular weight excluding hydrogens is 218 g/mol. The lowest BCUT2D eigenvalue weighted by molar-refractivity contribution is 0.102. The van der Waals surface area contributed by atoms with E-state index in [0.717, 1.165) is 5.56 Å². The van der Waals surface area contributed by atoms with E-state index >= 15 is 0 Å². The van der Waals surface area contributed by atoms with Crippen molar-refractivity contribution in [1.82, 2.24) is 9.97 Å². The average Bonchev–Trinajstić information content (AvgIpc) is 2.32. The van der Waals surface area contributed by atoms with Gasteiger partial charge in [-0.15, -0.1) is 0 Å². The van der Waals surface area contributed by atoms with E-state index in [1.807, 2.05) is 13.0 Å². The fraction of sp³-hybridized carbons (Fsp3) is 0.0833. The molecule has 2 heterocycles. The zero-order valence-electron chi connectivity index (χ0n) is 9.21. The molecule has 2 N–H and O–H groups in total. The SMILES string of the molecule is Cc1cccnc1NC(=O)c1ccncc1O. The number of hydrogen-bond acceptors (Lipinski definition) is 4. The Bertz CT molecular complexity index is 555. The minimum Gasteiger partial charge on any atom is -0.505 e. The number of carbonyl (C=O) groups is 1. The minimum absolute atomic E-state index is 0.154. The molecule has 0 aliphatic rings. The molecule has 2 rings (SSSR count). The molecule has 17 heavy (non-hydrogen) atoms. The van der Waals surface area contributed by atoms with E-state index in [2.05, 4.69) is 15.3 Å². The molecule has 0 aromatic carbocycles. The summed E-state index contributed by atoms with van der Waals surface area (Å²) in [5.41, 5.74) is 1.03. The summed E-state index contributed by atoms with van der Waals surface area (Å²) >= 11 is 0. The Kier molecular flexibility index (Phi) is 3.00. The predicted octanol–water partition coefficient (Wildman–Crippen LogP) is 1.74. The number of aromatic nitrogens is 2. The quantitative estimate of drug-likeness (QED) is 0.822. The number of aromatic hydroxyl groups is 1. The number of hydrogen-bond donors (Lipinski definition) is 2. The van der Waals surface area contributed by atoms with E-state index in [1.54, 1.807) is 12.3 Å². The van der Waals surface area contributed by atoms with Crippen LogP contribution in [0, 0.1) is 6.92 Å². The highest BCUT2D eigenvalue weighted by Gasteiger charge is 2.12. The van der Waals surface area contributed by atoms with Crippen molar-refractivity contribution in [2.45, 2.75) is 6.92 Å². The van der Waals surface area contributed by atoms with Gasteiger partial charge in [0.25, 0.3) is 5.91 Å². The lowest BCUT2D eigenvalue weighted by Gasteiger charge is -2.07. The van der Waals surface area contributed by atoms with Crippen molar-refractivity contribution >= 4 is 11.7 Å². The number of aryl methyl sites for hydroxylation is 1. The number of anilines is 1. The van der Waals surface area contributed by atoms with Crippen molar-refractivity contribution in [2.24, 2.45) is 0 Å². The van der Waals surface area contributed by atoms with Gasteiger partial charge in [0, 0.05) is 12.4 Å². The van der Waals surface area contributed by atoms with Gasteiger partial charge < -0.3 is 10.4 Å². The number of pyridine rings is 2. The zero-order chi connectivity index (χ0) is 12.3. The van der Waals surface area contributed by atoms with Gasteiger partial charge in [-0.3, -0.25) is 9.78 Å². The summed E-state index contributed by atoms with van der Waals surface area (Å²) in [5, 5.41) is 12.1. The Morgan fingerprint density at radius 2 is 2.18 bits per heavy atom. The number of rotatable bonds is 2. The van der Waals surface area contributed by atoms with Gasteiger partial charge >= 0.3 is 0 Å². The Labute approximate surface area is 98.2 Å². The molecule has 0 aliphatic heterocycles. The molecule has 0 saturated carbocycles. The predicted molar refractivity (Wildman–Crippen MR) is 62.8 cm³/mol. The first kappa shape index (κ1) is 11.1. The Morgan fingerprint density at radius 3 is 2.88 bits per heavy atom. The molecule has 5 heteroatoms. The lowest BCUT2D eigenvalue weighted by atomic mass is 10.2. The number of nitrogens with zero attached hydrogens (tertiary/aromatic N) is 2. The third-order valence-electron chi connectivity index (χ3n) is 2.29. The van der Waals surface area contributed by atoms with Crippen LogP contribution in [0.5, 0.6) is 5.75 Å². The maximum absolute atomic E-state index is 11.8. The second kappa shape index (κ2) is 4.61. The van der Waals surface area contributed by atoms with Crippen LogP contribution in [-0.4, -0.2) is 21.0 Å². The first-order chi connectivity index (χ1) is 8.18. The zero-order valence-corrected chi connectivity index (χ0v) is 9.21. The molecular formula is C12H11N3O2. The van der Waals surface area contributed by atoms with E-state index in [-0.39, 0.29) is 11.3 Å². The minimum atomic E-state index is -0.410. The fourth-order valence-corrected chi connectivity index (χ4v) is 1.37. The van der Waals surface area contributed by atoms with Crippen LogP contribution in [-0.2, 0) is 0 Å². The van der Waals surface area contributed by atoms with E-state index in [1.165, 1.54) is 18.5 Å². The van der Waals surface area contributed by atoms with Crippen molar-refractivity contribution in [3.8, 4) is 5.75 Å². The highest BCUT2D eigenvalue weighted by Crippen LogP contribution is 2.17. The summed E-state index contributed by atoms with van der Waals surface area (Å²) in [4.78, 5) is 19.6. The molecule has 0 radical (unpaired) electrons. The molecule has 0 atom stereocenters. The first-order valence-electron chi connectivity index (χ1n) is 5.04. The maximum Gasteiger partial charge on any atom is 0.260 e. The molecule has 0 aliphatic carbocycles. The van der Waals surface area contributed by atoms with Crippen molar-refractivity contribution in [3.05, 3.63) is 47.9 Å². The van der Waals surface area contributed by atoms with E-state index < -0.39 is 5.91 Å². The first-order valence-corrected chi connectivity index (χ1v) is 5.04. The van der Waals surface area contributed by atoms with Crippen LogP contribution in [0.3, 0.4) is 0 Å². The molecule has 0 spiro atoms. The molecule has 2 aromatic rings. The molecule has 0 saturated heterocycles. The van der Waals surface area contributed by atoms with Crippen LogP contribution in [0.1, 0.15) is 15.9 Å². The van der Waals surface area contributed by atoms with Gasteiger partial charge in [-0.05, 0) is 24.6 Å². The van der Waals surface area contributed by atoms with Gasteiger partial charge in [-0.25, -0.2) is 4.98 Å². The van der Waals surface area contributed by atoms with Crippen LogP contribution < -0.4 is 5.32 Å². The van der Waals surface area contributed by atoms with E-state index in [0.29, 0.717) is 5.82 Å². The summed E-state index contributed by atoms with van der Waals surface area (Å²) in [7, 11) is 0. The second-order valence-electron chi connectivity index (χ2n) is 3.52. The number of carbonyl (C=O) groups excluding carboxylic acids is 1. The normalized spacial score (nSPS) is 9.94. The van der Waals surface area contributed by atoms with Crippen molar-refractivity contribution < 1.29 is 9.90 Å². The monoisotopic (exact) mass is 229 g/mol. The summed E-state index contributed by atoms with van der Waals surface area (Å²) in [6, 6.07) is 5.08. The van der Waals surface area contributed by atoms with Gasteiger partial charge in [-0.2, -0.15) is 0 Å². The smallest absolute Gasteiger partial charge is 0.260 e. The third-order valence-corrected chi connectivity index (χ3v) is 2.29. The van der Waals surface area contributed by atoms with Crippen LogP contribution in [0.25, 0.3) is 0 Å². The molecule has 2 aromatic heterocycles. The molecule has 0 bridgehead atoms. The number of nitrogens with one attached hydrogen (secondary N) is 1. The van der Waals surface area contributed by atoms with Crippen LogP contribution >= 0.6 is 0 Å². The Morgan fingerprint density at radius 1 is 1.35 bits per heavy atom. The van der Waals surface area contributed by atoms with Crippen molar-refractivity contribution in [1.29, 1.82) is 0 Å². The van der Waals surface area contributed by atoms with Crippen LogP contribution in [0.4, 0.5) is 5.82 Å². The fourth-order valence-electron chi connectivity index (χ4n) is 1.37. The highest BCUT2D eigenvalue weighted by molar-refractivity contribution is 6.05. The van der Waals surface area contributed by atoms with Crippen LogP contribution in [0.15, 0.2) is 36.8 Å². The van der Waals surface area contributed by atoms with Gasteiger partial charge in [0.1, 0.15) is 11.6 Å². The maximum atomic E-state index is 11.8. The van der Waals surface area contributed by atoms with Crippen molar-refractivity contribution in [3.63, 3.8) is 0 Å². The van der Waals surface area contributed by atoms with E-state index in [9.17, 15) is 9.90 Å².